The Morgan fingerprint density at radius 1 is 0.944 bits per heavy atom. The lowest BCUT2D eigenvalue weighted by Gasteiger charge is -2.30. The van der Waals surface area contributed by atoms with Crippen molar-refractivity contribution in [1.29, 1.82) is 0 Å². The highest BCUT2D eigenvalue weighted by molar-refractivity contribution is 5.45. The van der Waals surface area contributed by atoms with Gasteiger partial charge in [-0.3, -0.25) is 4.90 Å². The molecule has 2 aliphatic rings. The van der Waals surface area contributed by atoms with E-state index in [1.165, 1.54) is 63.1 Å². The van der Waals surface area contributed by atoms with Crippen molar-refractivity contribution in [3.63, 3.8) is 0 Å². The van der Waals surface area contributed by atoms with Crippen LogP contribution in [-0.2, 0) is 13.0 Å². The molecule has 98 valence electrons. The van der Waals surface area contributed by atoms with Gasteiger partial charge >= 0.3 is 0 Å². The van der Waals surface area contributed by atoms with Crippen molar-refractivity contribution < 1.29 is 0 Å². The fourth-order valence-corrected chi connectivity index (χ4v) is 3.12. The first kappa shape index (κ1) is 12.0. The maximum Gasteiger partial charge on any atom is 0.0317 e. The van der Waals surface area contributed by atoms with Gasteiger partial charge in [0, 0.05) is 31.9 Å². The Balaban J connectivity index is 1.56. The van der Waals surface area contributed by atoms with Crippen molar-refractivity contribution in [2.45, 2.75) is 25.8 Å². The predicted octanol–water partition coefficient (Wildman–Crippen LogP) is 1.72. The molecule has 0 saturated carbocycles. The normalized spacial score (nSPS) is 21.1. The molecule has 0 atom stereocenters. The number of nitrogen functional groups attached to an aromatic ring is 1. The smallest absolute Gasteiger partial charge is 0.0317 e. The molecule has 0 amide bonds. The van der Waals surface area contributed by atoms with Crippen molar-refractivity contribution in [2.75, 3.05) is 38.5 Å². The van der Waals surface area contributed by atoms with Crippen LogP contribution in [0.1, 0.15) is 24.0 Å². The Labute approximate surface area is 110 Å². The molecule has 3 nitrogen and oxygen atoms in total. The summed E-state index contributed by atoms with van der Waals surface area (Å²) in [7, 11) is 0. The van der Waals surface area contributed by atoms with E-state index in [0.717, 1.165) is 12.2 Å². The van der Waals surface area contributed by atoms with Crippen LogP contribution >= 0.6 is 0 Å². The zero-order valence-electron chi connectivity index (χ0n) is 11.1. The summed E-state index contributed by atoms with van der Waals surface area (Å²) >= 11 is 0. The Bertz CT molecular complexity index is 410. The van der Waals surface area contributed by atoms with Gasteiger partial charge in [-0.2, -0.15) is 0 Å². The van der Waals surface area contributed by atoms with E-state index in [1.807, 2.05) is 6.07 Å². The minimum Gasteiger partial charge on any atom is -0.399 e. The second-order valence-corrected chi connectivity index (χ2v) is 5.60. The fraction of sp³-hybridized carbons (Fsp3) is 0.600. The molecule has 2 aliphatic heterocycles. The molecule has 0 bridgehead atoms. The van der Waals surface area contributed by atoms with E-state index in [0.29, 0.717) is 0 Å². The number of hydrogen-bond donors (Lipinski definition) is 1. The summed E-state index contributed by atoms with van der Waals surface area (Å²) in [5.74, 6) is 0. The Kier molecular flexibility index (Phi) is 3.52. The molecule has 0 spiro atoms. The summed E-state index contributed by atoms with van der Waals surface area (Å²) in [6, 6.07) is 6.37. The van der Waals surface area contributed by atoms with Crippen molar-refractivity contribution in [3.05, 3.63) is 29.3 Å². The lowest BCUT2D eigenvalue weighted by atomic mass is 9.99. The van der Waals surface area contributed by atoms with Gasteiger partial charge in [0.15, 0.2) is 0 Å². The zero-order valence-corrected chi connectivity index (χ0v) is 11.1. The second-order valence-electron chi connectivity index (χ2n) is 5.60. The molecule has 1 saturated heterocycles. The van der Waals surface area contributed by atoms with Crippen LogP contribution in [0.3, 0.4) is 0 Å². The number of anilines is 1. The van der Waals surface area contributed by atoms with Crippen LogP contribution in [0.2, 0.25) is 0 Å². The van der Waals surface area contributed by atoms with E-state index in [-0.39, 0.29) is 0 Å². The largest absolute Gasteiger partial charge is 0.399 e. The topological polar surface area (TPSA) is 32.5 Å². The van der Waals surface area contributed by atoms with Crippen molar-refractivity contribution in [1.82, 2.24) is 9.80 Å². The van der Waals surface area contributed by atoms with Crippen LogP contribution < -0.4 is 5.73 Å². The van der Waals surface area contributed by atoms with Gasteiger partial charge < -0.3 is 10.6 Å². The number of nitrogens with two attached hydrogens (primary N) is 1. The molecule has 18 heavy (non-hydrogen) atoms. The Hall–Kier alpha value is -1.06. The molecule has 0 unspecified atom stereocenters. The highest BCUT2D eigenvalue weighted by atomic mass is 15.2. The number of hydrogen-bond acceptors (Lipinski definition) is 3. The summed E-state index contributed by atoms with van der Waals surface area (Å²) in [6.45, 7) is 7.32. The van der Waals surface area contributed by atoms with Crippen LogP contribution in [-0.4, -0.2) is 42.5 Å². The van der Waals surface area contributed by atoms with Gasteiger partial charge in [-0.1, -0.05) is 6.07 Å². The zero-order chi connectivity index (χ0) is 12.4. The average molecular weight is 245 g/mol. The van der Waals surface area contributed by atoms with Gasteiger partial charge in [-0.25, -0.2) is 0 Å². The third kappa shape index (κ3) is 2.68. The maximum absolute atomic E-state index is 5.87. The number of fused-ring (bicyclic) bond motifs is 1. The molecule has 1 fully saturated rings. The van der Waals surface area contributed by atoms with E-state index in [1.54, 1.807) is 0 Å². The maximum atomic E-state index is 5.87. The molecule has 0 aromatic heterocycles. The fourth-order valence-electron chi connectivity index (χ4n) is 3.12. The predicted molar refractivity (Wildman–Crippen MR) is 75.5 cm³/mol. The lowest BCUT2D eigenvalue weighted by Crippen LogP contribution is -2.37. The van der Waals surface area contributed by atoms with Gasteiger partial charge in [0.05, 0.1) is 0 Å². The van der Waals surface area contributed by atoms with E-state index in [9.17, 15) is 0 Å². The molecule has 0 aliphatic carbocycles. The van der Waals surface area contributed by atoms with Gasteiger partial charge in [-0.05, 0) is 55.6 Å². The number of nitrogens with zero attached hydrogens (tertiary/aromatic N) is 2. The summed E-state index contributed by atoms with van der Waals surface area (Å²) in [5, 5.41) is 0. The van der Waals surface area contributed by atoms with Crippen LogP contribution in [0.25, 0.3) is 0 Å². The highest BCUT2D eigenvalue weighted by Gasteiger charge is 2.18. The number of likely N-dealkylation sites (tertiary alicyclic amines) is 1. The van der Waals surface area contributed by atoms with Crippen LogP contribution in [0.5, 0.6) is 0 Å². The first-order chi connectivity index (χ1) is 8.81. The Morgan fingerprint density at radius 2 is 1.72 bits per heavy atom. The van der Waals surface area contributed by atoms with Crippen molar-refractivity contribution >= 4 is 5.69 Å². The van der Waals surface area contributed by atoms with Gasteiger partial charge in [0.25, 0.3) is 0 Å². The molecular weight excluding hydrogens is 222 g/mol. The van der Waals surface area contributed by atoms with E-state index >= 15 is 0 Å². The Morgan fingerprint density at radius 3 is 2.56 bits per heavy atom. The third-order valence-corrected chi connectivity index (χ3v) is 4.25. The lowest BCUT2D eigenvalue weighted by molar-refractivity contribution is 0.211. The second kappa shape index (κ2) is 5.29. The SMILES string of the molecule is Nc1ccc2c(c1)CN(CCN1CCCC1)CC2. The quantitative estimate of drug-likeness (QED) is 0.823. The van der Waals surface area contributed by atoms with Crippen molar-refractivity contribution in [2.24, 2.45) is 0 Å². The minimum atomic E-state index is 0.898. The van der Waals surface area contributed by atoms with Gasteiger partial charge in [-0.15, -0.1) is 0 Å². The molecule has 2 N–H and O–H groups in total. The number of benzene rings is 1. The molecule has 3 heteroatoms. The molecule has 1 aromatic carbocycles. The first-order valence-corrected chi connectivity index (χ1v) is 7.13. The highest BCUT2D eigenvalue weighted by Crippen LogP contribution is 2.21. The van der Waals surface area contributed by atoms with Crippen LogP contribution in [0.4, 0.5) is 5.69 Å². The minimum absolute atomic E-state index is 0.898. The van der Waals surface area contributed by atoms with Gasteiger partial charge in [0.1, 0.15) is 0 Å². The molecule has 1 aromatic rings. The standard InChI is InChI=1S/C15H23N3/c16-15-4-3-13-5-8-18(12-14(13)11-15)10-9-17-6-1-2-7-17/h3-4,11H,1-2,5-10,12,16H2. The molecule has 2 heterocycles. The summed E-state index contributed by atoms with van der Waals surface area (Å²) in [4.78, 5) is 5.16. The van der Waals surface area contributed by atoms with Crippen molar-refractivity contribution in [3.8, 4) is 0 Å². The van der Waals surface area contributed by atoms with E-state index in [2.05, 4.69) is 21.9 Å². The first-order valence-electron chi connectivity index (χ1n) is 7.13. The summed E-state index contributed by atoms with van der Waals surface area (Å²) in [5.41, 5.74) is 9.69. The molecular formula is C15H23N3. The van der Waals surface area contributed by atoms with E-state index < -0.39 is 0 Å². The van der Waals surface area contributed by atoms with Crippen LogP contribution in [0, 0.1) is 0 Å². The summed E-state index contributed by atoms with van der Waals surface area (Å²) in [6.07, 6.45) is 3.95. The molecule has 0 radical (unpaired) electrons. The summed E-state index contributed by atoms with van der Waals surface area (Å²) < 4.78 is 0. The molecule has 3 rings (SSSR count). The monoisotopic (exact) mass is 245 g/mol. The van der Waals surface area contributed by atoms with Gasteiger partial charge in [0.2, 0.25) is 0 Å². The van der Waals surface area contributed by atoms with Crippen LogP contribution in [0.15, 0.2) is 18.2 Å². The van der Waals surface area contributed by atoms with E-state index in [4.69, 9.17) is 5.73 Å². The third-order valence-electron chi connectivity index (χ3n) is 4.25. The average Bonchev–Trinajstić information content (AvgIpc) is 2.89. The number of rotatable bonds is 3.